The number of fused-ring (bicyclic) bond motifs is 7. The Balaban J connectivity index is 1.53. The molecule has 0 aromatic carbocycles. The van der Waals surface area contributed by atoms with Crippen LogP contribution >= 0.6 is 0 Å². The quantitative estimate of drug-likeness (QED) is 0.728. The lowest BCUT2D eigenvalue weighted by atomic mass is 9.45. The third-order valence-corrected chi connectivity index (χ3v) is 8.39. The van der Waals surface area contributed by atoms with Crippen LogP contribution in [0.4, 0.5) is 0 Å². The summed E-state index contributed by atoms with van der Waals surface area (Å²) in [4.78, 5) is 12.5. The van der Waals surface area contributed by atoms with E-state index in [1.807, 2.05) is 0 Å². The molecule has 0 amide bonds. The van der Waals surface area contributed by atoms with Gasteiger partial charge in [-0.2, -0.15) is 0 Å². The van der Waals surface area contributed by atoms with Gasteiger partial charge in [0.05, 0.1) is 0 Å². The summed E-state index contributed by atoms with van der Waals surface area (Å²) in [5.41, 5.74) is 2.55. The molecular weight excluding hydrogens is 288 g/mol. The highest BCUT2D eigenvalue weighted by Gasteiger charge is 2.60. The number of carbonyl (C=O) groups is 1. The molecule has 23 heavy (non-hydrogen) atoms. The molecule has 0 aliphatic heterocycles. The number of aromatic nitrogens is 2. The first-order chi connectivity index (χ1) is 11.0. The van der Waals surface area contributed by atoms with E-state index >= 15 is 0 Å². The van der Waals surface area contributed by atoms with Gasteiger partial charge >= 0.3 is 0 Å². The fourth-order valence-corrected chi connectivity index (χ4v) is 7.08. The Morgan fingerprint density at radius 2 is 1.87 bits per heavy atom. The summed E-state index contributed by atoms with van der Waals surface area (Å²) in [6, 6.07) is 0. The van der Waals surface area contributed by atoms with Crippen molar-refractivity contribution in [1.82, 2.24) is 10.3 Å². The maximum atomic E-state index is 12.5. The zero-order valence-corrected chi connectivity index (χ0v) is 14.2. The summed E-state index contributed by atoms with van der Waals surface area (Å²) in [6.07, 6.45) is 8.94. The zero-order chi connectivity index (χ0) is 15.8. The van der Waals surface area contributed by atoms with Crippen LogP contribution in [0.1, 0.15) is 76.1 Å². The summed E-state index contributed by atoms with van der Waals surface area (Å²) in [5.74, 6) is 3.17. The average molecular weight is 314 g/mol. The van der Waals surface area contributed by atoms with Crippen LogP contribution in [0.15, 0.2) is 4.63 Å². The summed E-state index contributed by atoms with van der Waals surface area (Å²) < 4.78 is 5.05. The van der Waals surface area contributed by atoms with Crippen LogP contribution in [0.3, 0.4) is 0 Å². The van der Waals surface area contributed by atoms with E-state index in [1.165, 1.54) is 25.7 Å². The van der Waals surface area contributed by atoms with Crippen LogP contribution < -0.4 is 0 Å². The topological polar surface area (TPSA) is 56.0 Å². The number of hydrogen-bond acceptors (Lipinski definition) is 4. The second-order valence-corrected chi connectivity index (χ2v) is 9.03. The van der Waals surface area contributed by atoms with E-state index < -0.39 is 0 Å². The SMILES string of the molecule is C[C@]12CCc3nonc3[C@@H]1CC[C@@H]1[C@@H]2CC[C@]2(C)C(=O)CC[C@@H]12. The minimum atomic E-state index is -0.0142. The molecule has 0 N–H and O–H groups in total. The van der Waals surface area contributed by atoms with Gasteiger partial charge in [-0.15, -0.1) is 0 Å². The number of ketones is 1. The molecule has 0 bridgehead atoms. The van der Waals surface area contributed by atoms with Gasteiger partial charge in [-0.3, -0.25) is 4.79 Å². The van der Waals surface area contributed by atoms with Gasteiger partial charge < -0.3 is 0 Å². The molecule has 124 valence electrons. The molecule has 0 saturated heterocycles. The molecule has 3 fully saturated rings. The van der Waals surface area contributed by atoms with Crippen LogP contribution in [0.2, 0.25) is 0 Å². The monoisotopic (exact) mass is 314 g/mol. The van der Waals surface area contributed by atoms with Crippen LogP contribution in [-0.2, 0) is 11.2 Å². The number of Topliss-reactive ketones (excluding diaryl/α,β-unsaturated/α-hetero) is 1. The Morgan fingerprint density at radius 3 is 2.74 bits per heavy atom. The van der Waals surface area contributed by atoms with E-state index in [-0.39, 0.29) is 5.41 Å². The van der Waals surface area contributed by atoms with E-state index in [4.69, 9.17) is 4.63 Å². The van der Waals surface area contributed by atoms with E-state index in [1.54, 1.807) is 0 Å². The Kier molecular flexibility index (Phi) is 2.75. The van der Waals surface area contributed by atoms with Gasteiger partial charge in [0, 0.05) is 17.8 Å². The average Bonchev–Trinajstić information content (AvgIpc) is 3.12. The molecule has 0 unspecified atom stereocenters. The zero-order valence-electron chi connectivity index (χ0n) is 14.2. The van der Waals surface area contributed by atoms with Crippen molar-refractivity contribution < 1.29 is 9.42 Å². The normalized spacial score (nSPS) is 48.3. The Morgan fingerprint density at radius 1 is 1.00 bits per heavy atom. The lowest BCUT2D eigenvalue weighted by Gasteiger charge is -2.58. The van der Waals surface area contributed by atoms with E-state index in [9.17, 15) is 4.79 Å². The molecule has 1 aromatic rings. The van der Waals surface area contributed by atoms with Crippen LogP contribution in [0.5, 0.6) is 0 Å². The van der Waals surface area contributed by atoms with Crippen LogP contribution in [0.25, 0.3) is 0 Å². The first-order valence-corrected chi connectivity index (χ1v) is 9.39. The molecule has 0 spiro atoms. The van der Waals surface area contributed by atoms with Gasteiger partial charge in [0.2, 0.25) is 0 Å². The predicted octanol–water partition coefficient (Wildman–Crippen LogP) is 3.91. The Hall–Kier alpha value is -1.19. The number of rotatable bonds is 0. The largest absolute Gasteiger partial charge is 0.299 e. The molecule has 4 heteroatoms. The number of nitrogens with zero attached hydrogens (tertiary/aromatic N) is 2. The fraction of sp³-hybridized carbons (Fsp3) is 0.842. The molecule has 4 aliphatic rings. The van der Waals surface area contributed by atoms with Crippen molar-refractivity contribution in [3.8, 4) is 0 Å². The molecule has 1 heterocycles. The second-order valence-electron chi connectivity index (χ2n) is 9.03. The maximum Gasteiger partial charge on any atom is 0.139 e. The number of hydrogen-bond donors (Lipinski definition) is 0. The van der Waals surface area contributed by atoms with Crippen molar-refractivity contribution in [3.63, 3.8) is 0 Å². The predicted molar refractivity (Wildman–Crippen MR) is 84.8 cm³/mol. The van der Waals surface area contributed by atoms with Crippen molar-refractivity contribution in [1.29, 1.82) is 0 Å². The molecule has 0 radical (unpaired) electrons. The third kappa shape index (κ3) is 1.65. The number of carbonyl (C=O) groups excluding carboxylic acids is 1. The first kappa shape index (κ1) is 14.2. The Labute approximate surface area is 137 Å². The minimum Gasteiger partial charge on any atom is -0.299 e. The summed E-state index contributed by atoms with van der Waals surface area (Å²) in [5, 5.41) is 8.40. The fourth-order valence-electron chi connectivity index (χ4n) is 7.08. The highest BCUT2D eigenvalue weighted by Crippen LogP contribution is 2.66. The van der Waals surface area contributed by atoms with Crippen LogP contribution in [0, 0.1) is 28.6 Å². The summed E-state index contributed by atoms with van der Waals surface area (Å²) >= 11 is 0. The maximum absolute atomic E-state index is 12.5. The van der Waals surface area contributed by atoms with Crippen molar-refractivity contribution in [2.75, 3.05) is 0 Å². The number of aryl methyl sites for hydroxylation is 1. The molecule has 4 nitrogen and oxygen atoms in total. The van der Waals surface area contributed by atoms with Crippen molar-refractivity contribution >= 4 is 5.78 Å². The van der Waals surface area contributed by atoms with Gasteiger partial charge in [-0.1, -0.05) is 24.2 Å². The van der Waals surface area contributed by atoms with E-state index in [0.717, 1.165) is 48.9 Å². The van der Waals surface area contributed by atoms with Crippen molar-refractivity contribution in [2.45, 2.75) is 71.1 Å². The molecule has 6 atom stereocenters. The lowest BCUT2D eigenvalue weighted by molar-refractivity contribution is -0.135. The summed E-state index contributed by atoms with van der Waals surface area (Å²) in [7, 11) is 0. The van der Waals surface area contributed by atoms with Gasteiger partial charge in [0.25, 0.3) is 0 Å². The Bertz CT molecular complexity index is 668. The molecule has 3 saturated carbocycles. The molecule has 4 aliphatic carbocycles. The third-order valence-electron chi connectivity index (χ3n) is 8.39. The van der Waals surface area contributed by atoms with Gasteiger partial charge in [-0.25, -0.2) is 4.63 Å². The molecule has 1 aromatic heterocycles. The standard InChI is InChI=1S/C19H26N2O2/c1-18-10-8-15-17(21-23-20-15)14(18)4-3-11-12-5-6-16(22)19(12,2)9-7-13(11)18/h11-14H,3-10H2,1-2H3/t11-,12-,13-,14-,18+,19-/m0/s1. The van der Waals surface area contributed by atoms with Crippen molar-refractivity contribution in [2.24, 2.45) is 28.6 Å². The smallest absolute Gasteiger partial charge is 0.139 e. The first-order valence-electron chi connectivity index (χ1n) is 9.39. The van der Waals surface area contributed by atoms with Gasteiger partial charge in [0.15, 0.2) is 0 Å². The molecular formula is C19H26N2O2. The lowest BCUT2D eigenvalue weighted by Crippen LogP contribution is -2.52. The second kappa shape index (κ2) is 4.46. The van der Waals surface area contributed by atoms with Gasteiger partial charge in [-0.05, 0) is 68.1 Å². The van der Waals surface area contributed by atoms with Crippen molar-refractivity contribution in [3.05, 3.63) is 11.4 Å². The minimum absolute atomic E-state index is 0.0142. The summed E-state index contributed by atoms with van der Waals surface area (Å²) in [6.45, 7) is 4.75. The molecule has 5 rings (SSSR count). The highest BCUT2D eigenvalue weighted by atomic mass is 16.6. The van der Waals surface area contributed by atoms with Gasteiger partial charge in [0.1, 0.15) is 17.2 Å². The highest BCUT2D eigenvalue weighted by molar-refractivity contribution is 5.87. The van der Waals surface area contributed by atoms with Crippen LogP contribution in [-0.4, -0.2) is 16.1 Å². The van der Waals surface area contributed by atoms with E-state index in [0.29, 0.717) is 23.0 Å². The van der Waals surface area contributed by atoms with E-state index in [2.05, 4.69) is 24.2 Å².